The van der Waals surface area contributed by atoms with Gasteiger partial charge < -0.3 is 24.9 Å². The van der Waals surface area contributed by atoms with Crippen molar-refractivity contribution in [2.45, 2.75) is 19.9 Å². The number of furan rings is 1. The quantitative estimate of drug-likeness (QED) is 0.528. The van der Waals surface area contributed by atoms with Gasteiger partial charge in [-0.05, 0) is 37.4 Å². The van der Waals surface area contributed by atoms with Crippen LogP contribution < -0.4 is 20.5 Å². The predicted octanol–water partition coefficient (Wildman–Crippen LogP) is 3.11. The lowest BCUT2D eigenvalue weighted by atomic mass is 10.2. The Morgan fingerprint density at radius 3 is 2.58 bits per heavy atom. The lowest BCUT2D eigenvalue weighted by Crippen LogP contribution is -2.32. The molecule has 3 N–H and O–H groups in total. The largest absolute Gasteiger partial charge is 0.497 e. The second-order valence-corrected chi connectivity index (χ2v) is 5.67. The number of anilines is 1. The summed E-state index contributed by atoms with van der Waals surface area (Å²) in [5.74, 6) is 2.55. The molecule has 142 valence electrons. The number of hydrogen-bond donors (Lipinski definition) is 2. The zero-order valence-electron chi connectivity index (χ0n) is 15.9. The molecule has 1 aromatic heterocycles. The van der Waals surface area contributed by atoms with Gasteiger partial charge in [-0.3, -0.25) is 9.89 Å². The third-order valence-electron chi connectivity index (χ3n) is 4.23. The number of benzene rings is 1. The van der Waals surface area contributed by atoms with Crippen molar-refractivity contribution in [2.24, 2.45) is 10.7 Å². The molecule has 0 aliphatic heterocycles. The molecule has 0 aliphatic rings. The van der Waals surface area contributed by atoms with Gasteiger partial charge >= 0.3 is 0 Å². The summed E-state index contributed by atoms with van der Waals surface area (Å²) in [6.07, 6.45) is 1.68. The lowest BCUT2D eigenvalue weighted by Gasteiger charge is -2.26. The second kappa shape index (κ2) is 9.72. The maximum atomic E-state index is 6.10. The molecule has 0 saturated heterocycles. The van der Waals surface area contributed by atoms with Crippen LogP contribution in [-0.2, 0) is 0 Å². The Balaban J connectivity index is 2.15. The molecule has 0 spiro atoms. The molecule has 0 bridgehead atoms. The van der Waals surface area contributed by atoms with Gasteiger partial charge in [0.05, 0.1) is 38.8 Å². The monoisotopic (exact) mass is 360 g/mol. The van der Waals surface area contributed by atoms with Crippen LogP contribution in [0, 0.1) is 0 Å². The fraction of sp³-hybridized carbons (Fsp3) is 0.421. The van der Waals surface area contributed by atoms with Gasteiger partial charge in [-0.1, -0.05) is 13.8 Å². The van der Waals surface area contributed by atoms with Crippen LogP contribution in [0.3, 0.4) is 0 Å². The number of nitrogens with zero attached hydrogens (tertiary/aromatic N) is 2. The number of nitrogens with two attached hydrogens (primary N) is 1. The summed E-state index contributed by atoms with van der Waals surface area (Å²) in [4.78, 5) is 6.79. The predicted molar refractivity (Wildman–Crippen MR) is 104 cm³/mol. The maximum absolute atomic E-state index is 6.10. The van der Waals surface area contributed by atoms with Crippen LogP contribution in [0.5, 0.6) is 11.5 Å². The number of guanidine groups is 1. The Hall–Kier alpha value is -2.67. The molecule has 7 nitrogen and oxygen atoms in total. The Kier molecular flexibility index (Phi) is 7.35. The first kappa shape index (κ1) is 19.7. The van der Waals surface area contributed by atoms with E-state index in [1.165, 1.54) is 0 Å². The molecule has 0 aliphatic carbocycles. The topological polar surface area (TPSA) is 85.2 Å². The van der Waals surface area contributed by atoms with Crippen LogP contribution in [0.15, 0.2) is 46.0 Å². The smallest absolute Gasteiger partial charge is 0.193 e. The molecule has 1 unspecified atom stereocenters. The zero-order chi connectivity index (χ0) is 18.9. The maximum Gasteiger partial charge on any atom is 0.193 e. The summed E-state index contributed by atoms with van der Waals surface area (Å²) < 4.78 is 16.2. The molecular formula is C19H28N4O3. The number of ether oxygens (including phenoxy) is 2. The van der Waals surface area contributed by atoms with E-state index in [0.29, 0.717) is 29.7 Å². The highest BCUT2D eigenvalue weighted by atomic mass is 16.5. The van der Waals surface area contributed by atoms with Crippen molar-refractivity contribution in [1.82, 2.24) is 4.90 Å². The molecule has 0 fully saturated rings. The van der Waals surface area contributed by atoms with Gasteiger partial charge in [0.15, 0.2) is 5.96 Å². The summed E-state index contributed by atoms with van der Waals surface area (Å²) in [5, 5.41) is 3.09. The summed E-state index contributed by atoms with van der Waals surface area (Å²) in [7, 11) is 3.22. The zero-order valence-corrected chi connectivity index (χ0v) is 15.9. The first-order valence-corrected chi connectivity index (χ1v) is 8.69. The molecule has 1 heterocycles. The van der Waals surface area contributed by atoms with Crippen molar-refractivity contribution < 1.29 is 13.9 Å². The first-order valence-electron chi connectivity index (χ1n) is 8.69. The van der Waals surface area contributed by atoms with E-state index in [-0.39, 0.29) is 6.04 Å². The van der Waals surface area contributed by atoms with E-state index in [0.717, 1.165) is 18.8 Å². The van der Waals surface area contributed by atoms with Gasteiger partial charge in [-0.25, -0.2) is 0 Å². The number of hydrogen-bond acceptors (Lipinski definition) is 5. The average Bonchev–Trinajstić information content (AvgIpc) is 3.19. The summed E-state index contributed by atoms with van der Waals surface area (Å²) >= 11 is 0. The van der Waals surface area contributed by atoms with E-state index in [1.807, 2.05) is 30.3 Å². The molecule has 26 heavy (non-hydrogen) atoms. The minimum atomic E-state index is 0.0348. The fourth-order valence-electron chi connectivity index (χ4n) is 2.80. The minimum Gasteiger partial charge on any atom is -0.497 e. The van der Waals surface area contributed by atoms with Gasteiger partial charge in [-0.15, -0.1) is 0 Å². The fourth-order valence-corrected chi connectivity index (χ4v) is 2.80. The number of likely N-dealkylation sites (N-methyl/N-ethyl adjacent to an activating group) is 1. The average molecular weight is 360 g/mol. The minimum absolute atomic E-state index is 0.0348. The highest BCUT2D eigenvalue weighted by Gasteiger charge is 2.20. The Morgan fingerprint density at radius 2 is 2.00 bits per heavy atom. The van der Waals surface area contributed by atoms with E-state index in [1.54, 1.807) is 20.5 Å². The Bertz CT molecular complexity index is 697. The second-order valence-electron chi connectivity index (χ2n) is 5.67. The molecular weight excluding hydrogens is 332 g/mol. The summed E-state index contributed by atoms with van der Waals surface area (Å²) in [5.41, 5.74) is 6.80. The first-order chi connectivity index (χ1) is 12.6. The third-order valence-corrected chi connectivity index (χ3v) is 4.23. The van der Waals surface area contributed by atoms with Crippen molar-refractivity contribution in [3.05, 3.63) is 42.4 Å². The van der Waals surface area contributed by atoms with E-state index in [2.05, 4.69) is 29.1 Å². The highest BCUT2D eigenvalue weighted by Crippen LogP contribution is 2.28. The van der Waals surface area contributed by atoms with Crippen LogP contribution >= 0.6 is 0 Å². The molecule has 7 heteroatoms. The Morgan fingerprint density at radius 1 is 1.23 bits per heavy atom. The standard InChI is InChI=1S/C19H28N4O3/c1-5-23(6-2)16(18-8-7-11-26-18)13-21-19(20)22-15-12-14(24-3)9-10-17(15)25-4/h7-12,16H,5-6,13H2,1-4H3,(H3,20,21,22). The lowest BCUT2D eigenvalue weighted by molar-refractivity contribution is 0.198. The molecule has 2 aromatic rings. The van der Waals surface area contributed by atoms with Crippen molar-refractivity contribution in [3.8, 4) is 11.5 Å². The normalized spacial score (nSPS) is 12.9. The summed E-state index contributed by atoms with van der Waals surface area (Å²) in [6, 6.07) is 9.34. The van der Waals surface area contributed by atoms with E-state index in [9.17, 15) is 0 Å². The van der Waals surface area contributed by atoms with Crippen LogP contribution in [0.2, 0.25) is 0 Å². The van der Waals surface area contributed by atoms with Gasteiger partial charge in [0, 0.05) is 6.07 Å². The van der Waals surface area contributed by atoms with E-state index in [4.69, 9.17) is 19.6 Å². The number of aliphatic imine (C=N–C) groups is 1. The molecule has 0 radical (unpaired) electrons. The number of nitrogens with one attached hydrogen (secondary N) is 1. The SMILES string of the molecule is CCN(CC)C(CN=C(N)Nc1cc(OC)ccc1OC)c1ccco1. The molecule has 1 atom stereocenters. The van der Waals surface area contributed by atoms with Gasteiger partial charge in [0.2, 0.25) is 0 Å². The van der Waals surface area contributed by atoms with Crippen molar-refractivity contribution in [1.29, 1.82) is 0 Å². The van der Waals surface area contributed by atoms with E-state index >= 15 is 0 Å². The Labute approximate surface area is 154 Å². The number of rotatable bonds is 9. The highest BCUT2D eigenvalue weighted by molar-refractivity contribution is 5.94. The van der Waals surface area contributed by atoms with Crippen LogP contribution in [0.4, 0.5) is 5.69 Å². The van der Waals surface area contributed by atoms with Gasteiger partial charge in [-0.2, -0.15) is 0 Å². The van der Waals surface area contributed by atoms with Crippen LogP contribution in [-0.4, -0.2) is 44.7 Å². The van der Waals surface area contributed by atoms with Crippen molar-refractivity contribution in [3.63, 3.8) is 0 Å². The van der Waals surface area contributed by atoms with Gasteiger partial charge in [0.25, 0.3) is 0 Å². The third kappa shape index (κ3) is 4.92. The molecule has 0 saturated carbocycles. The van der Waals surface area contributed by atoms with Crippen molar-refractivity contribution >= 4 is 11.6 Å². The van der Waals surface area contributed by atoms with Gasteiger partial charge in [0.1, 0.15) is 17.3 Å². The molecule has 0 amide bonds. The molecule has 2 rings (SSSR count). The number of methoxy groups -OCH3 is 2. The van der Waals surface area contributed by atoms with Crippen molar-refractivity contribution in [2.75, 3.05) is 39.2 Å². The molecule has 1 aromatic carbocycles. The van der Waals surface area contributed by atoms with E-state index < -0.39 is 0 Å². The summed E-state index contributed by atoms with van der Waals surface area (Å²) in [6.45, 7) is 6.51. The van der Waals surface area contributed by atoms with Crippen LogP contribution in [0.1, 0.15) is 25.6 Å². The van der Waals surface area contributed by atoms with Crippen LogP contribution in [0.25, 0.3) is 0 Å².